The van der Waals surface area contributed by atoms with Crippen molar-refractivity contribution in [2.24, 2.45) is 5.92 Å². The molecule has 1 aliphatic heterocycles. The number of carbonyl (C=O) groups is 1. The van der Waals surface area contributed by atoms with Crippen LogP contribution in [-0.4, -0.2) is 38.8 Å². The van der Waals surface area contributed by atoms with Crippen LogP contribution < -0.4 is 5.32 Å². The van der Waals surface area contributed by atoms with E-state index < -0.39 is 0 Å². The van der Waals surface area contributed by atoms with Gasteiger partial charge >= 0.3 is 0 Å². The third-order valence-electron chi connectivity index (χ3n) is 5.52. The maximum absolute atomic E-state index is 12.7. The summed E-state index contributed by atoms with van der Waals surface area (Å²) in [5.74, 6) is 1.29. The van der Waals surface area contributed by atoms with Crippen molar-refractivity contribution in [1.82, 2.24) is 25.2 Å². The summed E-state index contributed by atoms with van der Waals surface area (Å²) >= 11 is 1.32. The second kappa shape index (κ2) is 9.45. The van der Waals surface area contributed by atoms with Crippen LogP contribution in [0.4, 0.5) is 0 Å². The van der Waals surface area contributed by atoms with Crippen LogP contribution in [0.5, 0.6) is 0 Å². The summed E-state index contributed by atoms with van der Waals surface area (Å²) < 4.78 is 0. The minimum absolute atomic E-state index is 0.112. The van der Waals surface area contributed by atoms with E-state index in [4.69, 9.17) is 0 Å². The van der Waals surface area contributed by atoms with Crippen molar-refractivity contribution in [3.05, 3.63) is 64.4 Å². The minimum atomic E-state index is -0.112. The molecule has 4 rings (SSSR count). The summed E-state index contributed by atoms with van der Waals surface area (Å²) in [4.78, 5) is 28.7. The quantitative estimate of drug-likeness (QED) is 0.650. The molecule has 0 spiro atoms. The van der Waals surface area contributed by atoms with Gasteiger partial charge in [-0.2, -0.15) is 0 Å². The molecule has 1 aliphatic rings. The van der Waals surface area contributed by atoms with E-state index in [0.717, 1.165) is 18.0 Å². The van der Waals surface area contributed by atoms with Gasteiger partial charge in [-0.3, -0.25) is 9.69 Å². The Kier molecular flexibility index (Phi) is 6.50. The molecule has 30 heavy (non-hydrogen) atoms. The van der Waals surface area contributed by atoms with Gasteiger partial charge < -0.3 is 5.32 Å². The second-order valence-corrected chi connectivity index (χ2v) is 8.96. The molecular formula is C23H27N5OS. The van der Waals surface area contributed by atoms with Gasteiger partial charge in [0.15, 0.2) is 10.8 Å². The average Bonchev–Trinajstić information content (AvgIpc) is 3.17. The number of piperidine rings is 1. The highest BCUT2D eigenvalue weighted by Gasteiger charge is 2.18. The Morgan fingerprint density at radius 2 is 1.80 bits per heavy atom. The van der Waals surface area contributed by atoms with Crippen LogP contribution >= 0.6 is 11.3 Å². The summed E-state index contributed by atoms with van der Waals surface area (Å²) in [6.07, 6.45) is 5.93. The van der Waals surface area contributed by atoms with Crippen molar-refractivity contribution in [3.8, 4) is 10.8 Å². The van der Waals surface area contributed by atoms with Crippen molar-refractivity contribution >= 4 is 17.2 Å². The van der Waals surface area contributed by atoms with Gasteiger partial charge in [0, 0.05) is 25.5 Å². The van der Waals surface area contributed by atoms with E-state index in [1.807, 2.05) is 6.92 Å². The Morgan fingerprint density at radius 3 is 2.50 bits per heavy atom. The molecule has 1 aromatic carbocycles. The van der Waals surface area contributed by atoms with E-state index in [1.165, 1.54) is 42.8 Å². The third kappa shape index (κ3) is 5.09. The lowest BCUT2D eigenvalue weighted by Crippen LogP contribution is -2.32. The molecule has 0 bridgehead atoms. The van der Waals surface area contributed by atoms with Crippen LogP contribution in [0.3, 0.4) is 0 Å². The summed E-state index contributed by atoms with van der Waals surface area (Å²) in [5.41, 5.74) is 3.12. The molecule has 3 heterocycles. The number of thiazole rings is 1. The Bertz CT molecular complexity index is 979. The molecule has 0 saturated carbocycles. The van der Waals surface area contributed by atoms with Crippen LogP contribution in [0.15, 0.2) is 42.7 Å². The lowest BCUT2D eigenvalue weighted by molar-refractivity contribution is 0.0954. The smallest absolute Gasteiger partial charge is 0.263 e. The topological polar surface area (TPSA) is 71.0 Å². The number of nitrogens with one attached hydrogen (secondary N) is 1. The molecule has 1 amide bonds. The van der Waals surface area contributed by atoms with Crippen molar-refractivity contribution in [1.29, 1.82) is 0 Å². The fourth-order valence-electron chi connectivity index (χ4n) is 3.62. The Labute approximate surface area is 181 Å². The first kappa shape index (κ1) is 20.6. The summed E-state index contributed by atoms with van der Waals surface area (Å²) in [6, 6.07) is 10.3. The van der Waals surface area contributed by atoms with Crippen LogP contribution in [0.1, 0.15) is 46.3 Å². The summed E-state index contributed by atoms with van der Waals surface area (Å²) in [6.45, 7) is 8.05. The lowest BCUT2D eigenvalue weighted by atomic mass is 9.99. The van der Waals surface area contributed by atoms with Gasteiger partial charge in [0.05, 0.1) is 5.69 Å². The van der Waals surface area contributed by atoms with Gasteiger partial charge in [0.1, 0.15) is 4.88 Å². The zero-order valence-electron chi connectivity index (χ0n) is 17.5. The summed E-state index contributed by atoms with van der Waals surface area (Å²) in [5, 5.41) is 3.67. The number of amides is 1. The van der Waals surface area contributed by atoms with Gasteiger partial charge in [-0.05, 0) is 56.0 Å². The number of carbonyl (C=O) groups excluding carboxylic acids is 1. The molecule has 0 unspecified atom stereocenters. The number of hydrogen-bond acceptors (Lipinski definition) is 6. The molecule has 1 fully saturated rings. The van der Waals surface area contributed by atoms with Gasteiger partial charge in [-0.25, -0.2) is 15.0 Å². The number of aryl methyl sites for hydroxylation is 1. The van der Waals surface area contributed by atoms with Crippen molar-refractivity contribution in [2.75, 3.05) is 13.1 Å². The third-order valence-corrected chi connectivity index (χ3v) is 6.67. The molecule has 2 aromatic heterocycles. The predicted molar refractivity (Wildman–Crippen MR) is 119 cm³/mol. The largest absolute Gasteiger partial charge is 0.347 e. The van der Waals surface area contributed by atoms with E-state index in [1.54, 1.807) is 18.5 Å². The van der Waals surface area contributed by atoms with Gasteiger partial charge in [-0.1, -0.05) is 31.2 Å². The van der Waals surface area contributed by atoms with Crippen molar-refractivity contribution < 1.29 is 4.79 Å². The molecule has 156 valence electrons. The van der Waals surface area contributed by atoms with Crippen LogP contribution in [0.25, 0.3) is 10.8 Å². The van der Waals surface area contributed by atoms with Crippen LogP contribution in [0, 0.1) is 12.8 Å². The van der Waals surface area contributed by atoms with Crippen molar-refractivity contribution in [2.45, 2.75) is 39.8 Å². The molecule has 1 saturated heterocycles. The van der Waals surface area contributed by atoms with E-state index in [2.05, 4.69) is 56.4 Å². The highest BCUT2D eigenvalue weighted by atomic mass is 32.1. The van der Waals surface area contributed by atoms with Crippen LogP contribution in [0.2, 0.25) is 0 Å². The molecule has 6 nitrogen and oxygen atoms in total. The average molecular weight is 422 g/mol. The number of hydrogen-bond donors (Lipinski definition) is 1. The van der Waals surface area contributed by atoms with Gasteiger partial charge in [0.25, 0.3) is 5.91 Å². The fourth-order valence-corrected chi connectivity index (χ4v) is 4.55. The van der Waals surface area contributed by atoms with Gasteiger partial charge in [-0.15, -0.1) is 11.3 Å². The number of rotatable bonds is 6. The molecule has 0 radical (unpaired) electrons. The normalized spacial score (nSPS) is 15.3. The SMILES string of the molecule is Cc1nc(-c2ncccn2)sc1C(=O)NCc1ccc(CN2CCC(C)CC2)cc1. The first-order chi connectivity index (χ1) is 14.6. The van der Waals surface area contributed by atoms with E-state index >= 15 is 0 Å². The van der Waals surface area contributed by atoms with Gasteiger partial charge in [0.2, 0.25) is 0 Å². The van der Waals surface area contributed by atoms with Crippen LogP contribution in [-0.2, 0) is 13.1 Å². The Balaban J connectivity index is 1.32. The standard InChI is InChI=1S/C23H27N5OS/c1-16-8-12-28(13-9-16)15-19-6-4-18(5-7-19)14-26-22(29)20-17(2)27-23(30-20)21-24-10-3-11-25-21/h3-7,10-11,16H,8-9,12-15H2,1-2H3,(H,26,29). The molecule has 0 atom stereocenters. The Hall–Kier alpha value is -2.64. The molecular weight excluding hydrogens is 394 g/mol. The maximum Gasteiger partial charge on any atom is 0.263 e. The minimum Gasteiger partial charge on any atom is -0.347 e. The number of nitrogens with zero attached hydrogens (tertiary/aromatic N) is 4. The van der Waals surface area contributed by atoms with Crippen molar-refractivity contribution in [3.63, 3.8) is 0 Å². The highest BCUT2D eigenvalue weighted by Crippen LogP contribution is 2.25. The zero-order valence-corrected chi connectivity index (χ0v) is 18.3. The predicted octanol–water partition coefficient (Wildman–Crippen LogP) is 4.07. The molecule has 1 N–H and O–H groups in total. The monoisotopic (exact) mass is 421 g/mol. The first-order valence-corrected chi connectivity index (χ1v) is 11.2. The molecule has 0 aliphatic carbocycles. The number of likely N-dealkylation sites (tertiary alicyclic amines) is 1. The number of aromatic nitrogens is 3. The van der Waals surface area contributed by atoms with E-state index in [0.29, 0.717) is 27.9 Å². The lowest BCUT2D eigenvalue weighted by Gasteiger charge is -2.30. The molecule has 3 aromatic rings. The van der Waals surface area contributed by atoms with E-state index in [9.17, 15) is 4.79 Å². The Morgan fingerprint density at radius 1 is 1.13 bits per heavy atom. The summed E-state index contributed by atoms with van der Waals surface area (Å²) in [7, 11) is 0. The highest BCUT2D eigenvalue weighted by molar-refractivity contribution is 7.17. The zero-order chi connectivity index (χ0) is 20.9. The second-order valence-electron chi connectivity index (χ2n) is 7.96. The van der Waals surface area contributed by atoms with E-state index in [-0.39, 0.29) is 5.91 Å². The first-order valence-electron chi connectivity index (χ1n) is 10.4. The maximum atomic E-state index is 12.7. The molecule has 7 heteroatoms. The fraction of sp³-hybridized carbons (Fsp3) is 0.391. The number of benzene rings is 1.